The maximum absolute atomic E-state index is 5.60. The predicted molar refractivity (Wildman–Crippen MR) is 67.7 cm³/mol. The molecule has 0 atom stereocenters. The maximum atomic E-state index is 5.60. The van der Waals surface area contributed by atoms with Crippen LogP contribution < -0.4 is 10.5 Å². The van der Waals surface area contributed by atoms with E-state index >= 15 is 0 Å². The van der Waals surface area contributed by atoms with Gasteiger partial charge in [-0.1, -0.05) is 21.1 Å². The molecule has 0 saturated heterocycles. The Kier molecular flexibility index (Phi) is 4.17. The molecule has 0 fully saturated rings. The van der Waals surface area contributed by atoms with Crippen LogP contribution in [0.15, 0.2) is 39.5 Å². The van der Waals surface area contributed by atoms with E-state index in [1.54, 1.807) is 12.3 Å². The molecule has 0 spiro atoms. The highest BCUT2D eigenvalue weighted by Crippen LogP contribution is 2.23. The van der Waals surface area contributed by atoms with Gasteiger partial charge in [-0.3, -0.25) is 0 Å². The van der Waals surface area contributed by atoms with Gasteiger partial charge in [0.2, 0.25) is 0 Å². The topological polar surface area (TPSA) is 61.3 Å². The first-order chi connectivity index (χ1) is 8.29. The molecule has 0 unspecified atom stereocenters. The van der Waals surface area contributed by atoms with Crippen molar-refractivity contribution in [2.75, 3.05) is 6.54 Å². The molecule has 90 valence electrons. The summed E-state index contributed by atoms with van der Waals surface area (Å²) < 4.78 is 11.6. The summed E-state index contributed by atoms with van der Waals surface area (Å²) in [6, 6.07) is 7.62. The van der Waals surface area contributed by atoms with Crippen molar-refractivity contribution >= 4 is 15.9 Å². The van der Waals surface area contributed by atoms with Gasteiger partial charge >= 0.3 is 0 Å². The van der Waals surface area contributed by atoms with Gasteiger partial charge in [-0.05, 0) is 36.7 Å². The highest BCUT2D eigenvalue weighted by atomic mass is 79.9. The van der Waals surface area contributed by atoms with Crippen LogP contribution in [0, 0.1) is 0 Å². The Bertz CT molecular complexity index is 471. The molecule has 5 heteroatoms. The van der Waals surface area contributed by atoms with Gasteiger partial charge in [0.25, 0.3) is 0 Å². The second-order valence-corrected chi connectivity index (χ2v) is 4.41. The van der Waals surface area contributed by atoms with Gasteiger partial charge in [0.05, 0.1) is 6.20 Å². The van der Waals surface area contributed by atoms with E-state index in [1.165, 1.54) is 0 Å². The van der Waals surface area contributed by atoms with Crippen molar-refractivity contribution in [3.05, 3.63) is 46.3 Å². The third kappa shape index (κ3) is 3.31. The lowest BCUT2D eigenvalue weighted by Crippen LogP contribution is -2.03. The van der Waals surface area contributed by atoms with E-state index in [9.17, 15) is 0 Å². The number of rotatable bonds is 5. The Labute approximate surface area is 108 Å². The van der Waals surface area contributed by atoms with Gasteiger partial charge in [-0.15, -0.1) is 0 Å². The normalized spacial score (nSPS) is 10.5. The number of benzene rings is 1. The monoisotopic (exact) mass is 296 g/mol. The molecule has 1 aromatic heterocycles. The quantitative estimate of drug-likeness (QED) is 0.921. The van der Waals surface area contributed by atoms with Crippen molar-refractivity contribution in [2.24, 2.45) is 5.73 Å². The molecule has 0 saturated carbocycles. The van der Waals surface area contributed by atoms with Crippen LogP contribution in [0.5, 0.6) is 5.75 Å². The second kappa shape index (κ2) is 5.84. The van der Waals surface area contributed by atoms with Gasteiger partial charge in [-0.25, -0.2) is 0 Å². The molecule has 0 amide bonds. The number of nitrogens with zero attached hydrogens (tertiary/aromatic N) is 1. The van der Waals surface area contributed by atoms with Crippen LogP contribution in [-0.2, 0) is 13.0 Å². The fraction of sp³-hybridized carbons (Fsp3) is 0.250. The summed E-state index contributed by atoms with van der Waals surface area (Å²) in [6.45, 7) is 0.994. The van der Waals surface area contributed by atoms with Crippen molar-refractivity contribution < 1.29 is 9.26 Å². The van der Waals surface area contributed by atoms with Crippen LogP contribution in [0.25, 0.3) is 0 Å². The third-order valence-electron chi connectivity index (χ3n) is 2.30. The van der Waals surface area contributed by atoms with Crippen LogP contribution in [-0.4, -0.2) is 11.7 Å². The van der Waals surface area contributed by atoms with Crippen molar-refractivity contribution in [2.45, 2.75) is 13.0 Å². The molecular weight excluding hydrogens is 284 g/mol. The maximum Gasteiger partial charge on any atom is 0.174 e. The minimum Gasteiger partial charge on any atom is -0.486 e. The predicted octanol–water partition coefficient (Wildman–Crippen LogP) is 2.52. The van der Waals surface area contributed by atoms with Gasteiger partial charge < -0.3 is 15.0 Å². The first-order valence-corrected chi connectivity index (χ1v) is 6.10. The smallest absolute Gasteiger partial charge is 0.174 e. The summed E-state index contributed by atoms with van der Waals surface area (Å²) in [4.78, 5) is 0. The fourth-order valence-electron chi connectivity index (χ4n) is 1.46. The van der Waals surface area contributed by atoms with Crippen molar-refractivity contribution in [1.29, 1.82) is 0 Å². The molecule has 2 aromatic rings. The molecule has 4 nitrogen and oxygen atoms in total. The number of hydrogen-bond donors (Lipinski definition) is 1. The molecule has 0 radical (unpaired) electrons. The molecule has 1 heterocycles. The second-order valence-electron chi connectivity index (χ2n) is 3.56. The fourth-order valence-corrected chi connectivity index (χ4v) is 1.90. The van der Waals surface area contributed by atoms with Crippen LogP contribution in [0.3, 0.4) is 0 Å². The first-order valence-electron chi connectivity index (χ1n) is 5.30. The van der Waals surface area contributed by atoms with Crippen molar-refractivity contribution in [1.82, 2.24) is 5.16 Å². The summed E-state index contributed by atoms with van der Waals surface area (Å²) >= 11 is 3.48. The van der Waals surface area contributed by atoms with Crippen LogP contribution in [0.4, 0.5) is 0 Å². The van der Waals surface area contributed by atoms with Gasteiger partial charge in [0.15, 0.2) is 5.76 Å². The Morgan fingerprint density at radius 2 is 2.24 bits per heavy atom. The van der Waals surface area contributed by atoms with E-state index in [-0.39, 0.29) is 0 Å². The molecule has 0 aliphatic heterocycles. The SMILES string of the molecule is NCCc1cc(OCc2ccno2)ccc1Br. The summed E-state index contributed by atoms with van der Waals surface area (Å²) in [5.74, 6) is 1.50. The number of aromatic nitrogens is 1. The van der Waals surface area contributed by atoms with E-state index in [0.717, 1.165) is 22.2 Å². The van der Waals surface area contributed by atoms with Crippen molar-refractivity contribution in [3.63, 3.8) is 0 Å². The first kappa shape index (κ1) is 12.1. The Balaban J connectivity index is 2.03. The third-order valence-corrected chi connectivity index (χ3v) is 3.08. The lowest BCUT2D eigenvalue weighted by atomic mass is 10.1. The summed E-state index contributed by atoms with van der Waals surface area (Å²) in [6.07, 6.45) is 2.42. The van der Waals surface area contributed by atoms with E-state index in [0.29, 0.717) is 18.9 Å². The van der Waals surface area contributed by atoms with Crippen LogP contribution in [0.1, 0.15) is 11.3 Å². The highest BCUT2D eigenvalue weighted by molar-refractivity contribution is 9.10. The average molecular weight is 297 g/mol. The molecule has 1 aromatic carbocycles. The molecule has 2 rings (SSSR count). The zero-order chi connectivity index (χ0) is 12.1. The molecular formula is C12H13BrN2O2. The molecule has 0 bridgehead atoms. The Hall–Kier alpha value is -1.33. The molecule has 0 aliphatic rings. The summed E-state index contributed by atoms with van der Waals surface area (Å²) in [5.41, 5.74) is 6.69. The van der Waals surface area contributed by atoms with Gasteiger partial charge in [0, 0.05) is 10.5 Å². The number of halogens is 1. The average Bonchev–Trinajstić information content (AvgIpc) is 2.83. The largest absolute Gasteiger partial charge is 0.486 e. The lowest BCUT2D eigenvalue weighted by Gasteiger charge is -2.08. The van der Waals surface area contributed by atoms with Gasteiger partial charge in [-0.2, -0.15) is 0 Å². The van der Waals surface area contributed by atoms with E-state index < -0.39 is 0 Å². The number of nitrogens with two attached hydrogens (primary N) is 1. The molecule has 2 N–H and O–H groups in total. The Morgan fingerprint density at radius 1 is 1.35 bits per heavy atom. The number of hydrogen-bond acceptors (Lipinski definition) is 4. The van der Waals surface area contributed by atoms with E-state index in [4.69, 9.17) is 15.0 Å². The van der Waals surface area contributed by atoms with Crippen molar-refractivity contribution in [3.8, 4) is 5.75 Å². The molecule has 17 heavy (non-hydrogen) atoms. The standard InChI is InChI=1S/C12H13BrN2O2/c13-12-2-1-10(7-9(12)3-5-14)16-8-11-4-6-15-17-11/h1-2,4,6-7H,3,5,8,14H2. The Morgan fingerprint density at radius 3 is 2.94 bits per heavy atom. The van der Waals surface area contributed by atoms with E-state index in [2.05, 4.69) is 21.1 Å². The lowest BCUT2D eigenvalue weighted by molar-refractivity contribution is 0.249. The van der Waals surface area contributed by atoms with Gasteiger partial charge in [0.1, 0.15) is 12.4 Å². The molecule has 0 aliphatic carbocycles. The van der Waals surface area contributed by atoms with E-state index in [1.807, 2.05) is 18.2 Å². The zero-order valence-corrected chi connectivity index (χ0v) is 10.8. The minimum atomic E-state index is 0.379. The van der Waals surface area contributed by atoms with Crippen LogP contribution >= 0.6 is 15.9 Å². The zero-order valence-electron chi connectivity index (χ0n) is 9.23. The minimum absolute atomic E-state index is 0.379. The van der Waals surface area contributed by atoms with Crippen LogP contribution in [0.2, 0.25) is 0 Å². The summed E-state index contributed by atoms with van der Waals surface area (Å²) in [7, 11) is 0. The highest BCUT2D eigenvalue weighted by Gasteiger charge is 2.03. The number of ether oxygens (including phenoxy) is 1. The summed E-state index contributed by atoms with van der Waals surface area (Å²) in [5, 5.41) is 3.62.